The van der Waals surface area contributed by atoms with Gasteiger partial charge in [0.15, 0.2) is 0 Å². The molecular formula is C11H21N. The van der Waals surface area contributed by atoms with Crippen LogP contribution < -0.4 is 0 Å². The Labute approximate surface area is 76.3 Å². The first-order valence-corrected chi connectivity index (χ1v) is 5.20. The van der Waals surface area contributed by atoms with Gasteiger partial charge in [-0.25, -0.2) is 0 Å². The van der Waals surface area contributed by atoms with E-state index in [0.29, 0.717) is 5.41 Å². The molecule has 0 atom stereocenters. The predicted molar refractivity (Wildman–Crippen MR) is 54.8 cm³/mol. The zero-order chi connectivity index (χ0) is 9.03. The van der Waals surface area contributed by atoms with Gasteiger partial charge in [0.25, 0.3) is 0 Å². The second kappa shape index (κ2) is 4.06. The summed E-state index contributed by atoms with van der Waals surface area (Å²) in [6.45, 7) is 7.99. The van der Waals surface area contributed by atoms with Gasteiger partial charge in [-0.2, -0.15) is 0 Å². The normalized spacial score (nSPS) is 22.1. The standard InChI is InChI=1S/C11H21N/c1-4-5-7-10-11(2,3)8-6-9-12-10/h4-9H2,1-3H3. The van der Waals surface area contributed by atoms with Crippen LogP contribution in [0.2, 0.25) is 0 Å². The zero-order valence-corrected chi connectivity index (χ0v) is 8.69. The molecule has 0 unspecified atom stereocenters. The monoisotopic (exact) mass is 167 g/mol. The van der Waals surface area contributed by atoms with E-state index >= 15 is 0 Å². The van der Waals surface area contributed by atoms with E-state index in [1.54, 1.807) is 0 Å². The highest BCUT2D eigenvalue weighted by molar-refractivity contribution is 5.90. The van der Waals surface area contributed by atoms with Crippen LogP contribution in [-0.2, 0) is 0 Å². The molecule has 70 valence electrons. The Bertz CT molecular complexity index is 168. The smallest absolute Gasteiger partial charge is 0.0389 e. The average Bonchev–Trinajstić information content (AvgIpc) is 2.02. The van der Waals surface area contributed by atoms with E-state index in [4.69, 9.17) is 0 Å². The van der Waals surface area contributed by atoms with Crippen molar-refractivity contribution in [1.29, 1.82) is 0 Å². The molecule has 0 bridgehead atoms. The Balaban J connectivity index is 2.53. The lowest BCUT2D eigenvalue weighted by molar-refractivity contribution is 0.429. The van der Waals surface area contributed by atoms with Crippen LogP contribution in [-0.4, -0.2) is 12.3 Å². The number of unbranched alkanes of at least 4 members (excludes halogenated alkanes) is 1. The van der Waals surface area contributed by atoms with Crippen molar-refractivity contribution in [3.63, 3.8) is 0 Å². The first-order chi connectivity index (χ1) is 5.67. The molecule has 0 saturated carbocycles. The van der Waals surface area contributed by atoms with Crippen molar-refractivity contribution >= 4 is 5.71 Å². The van der Waals surface area contributed by atoms with Gasteiger partial charge in [-0.15, -0.1) is 0 Å². The van der Waals surface area contributed by atoms with Gasteiger partial charge in [-0.1, -0.05) is 27.2 Å². The lowest BCUT2D eigenvalue weighted by Gasteiger charge is -2.30. The summed E-state index contributed by atoms with van der Waals surface area (Å²) in [6, 6.07) is 0. The fourth-order valence-electron chi connectivity index (χ4n) is 1.85. The maximum Gasteiger partial charge on any atom is 0.0389 e. The van der Waals surface area contributed by atoms with E-state index in [1.807, 2.05) is 0 Å². The van der Waals surface area contributed by atoms with Gasteiger partial charge < -0.3 is 0 Å². The molecule has 0 saturated heterocycles. The number of hydrogen-bond acceptors (Lipinski definition) is 1. The van der Waals surface area contributed by atoms with Gasteiger partial charge in [0.05, 0.1) is 0 Å². The molecule has 0 radical (unpaired) electrons. The molecule has 0 aromatic rings. The third kappa shape index (κ3) is 2.33. The van der Waals surface area contributed by atoms with Crippen LogP contribution in [0.5, 0.6) is 0 Å². The summed E-state index contributed by atoms with van der Waals surface area (Å²) in [6.07, 6.45) is 6.43. The third-order valence-electron chi connectivity index (χ3n) is 2.81. The predicted octanol–water partition coefficient (Wildman–Crippen LogP) is 3.44. The summed E-state index contributed by atoms with van der Waals surface area (Å²) in [5.41, 5.74) is 1.86. The molecule has 1 nitrogen and oxygen atoms in total. The molecule has 0 fully saturated rings. The Hall–Kier alpha value is -0.330. The molecule has 0 amide bonds. The Morgan fingerprint density at radius 3 is 2.75 bits per heavy atom. The highest BCUT2D eigenvalue weighted by Gasteiger charge is 2.26. The summed E-state index contributed by atoms with van der Waals surface area (Å²) in [5, 5.41) is 0. The van der Waals surface area contributed by atoms with Gasteiger partial charge in [0, 0.05) is 17.7 Å². The number of nitrogens with zero attached hydrogens (tertiary/aromatic N) is 1. The van der Waals surface area contributed by atoms with Crippen LogP contribution in [0, 0.1) is 5.41 Å². The van der Waals surface area contributed by atoms with Crippen LogP contribution >= 0.6 is 0 Å². The van der Waals surface area contributed by atoms with E-state index in [-0.39, 0.29) is 0 Å². The minimum Gasteiger partial charge on any atom is -0.294 e. The van der Waals surface area contributed by atoms with Crippen molar-refractivity contribution in [2.24, 2.45) is 10.4 Å². The van der Waals surface area contributed by atoms with Gasteiger partial charge in [0.1, 0.15) is 0 Å². The zero-order valence-electron chi connectivity index (χ0n) is 8.69. The third-order valence-corrected chi connectivity index (χ3v) is 2.81. The van der Waals surface area contributed by atoms with Gasteiger partial charge in [-0.3, -0.25) is 4.99 Å². The van der Waals surface area contributed by atoms with Crippen LogP contribution in [0.4, 0.5) is 0 Å². The fraction of sp³-hybridized carbons (Fsp3) is 0.909. The first kappa shape index (κ1) is 9.76. The van der Waals surface area contributed by atoms with Crippen molar-refractivity contribution in [1.82, 2.24) is 0 Å². The topological polar surface area (TPSA) is 12.4 Å². The highest BCUT2D eigenvalue weighted by Crippen LogP contribution is 2.30. The molecule has 0 spiro atoms. The molecule has 1 rings (SSSR count). The van der Waals surface area contributed by atoms with Crippen LogP contribution in [0.1, 0.15) is 52.9 Å². The van der Waals surface area contributed by atoms with Gasteiger partial charge in [-0.05, 0) is 25.7 Å². The summed E-state index contributed by atoms with van der Waals surface area (Å²) in [4.78, 5) is 4.64. The molecule has 12 heavy (non-hydrogen) atoms. The molecule has 1 heteroatoms. The maximum absolute atomic E-state index is 4.64. The van der Waals surface area contributed by atoms with Gasteiger partial charge >= 0.3 is 0 Å². The van der Waals surface area contributed by atoms with Crippen LogP contribution in [0.3, 0.4) is 0 Å². The Morgan fingerprint density at radius 1 is 1.42 bits per heavy atom. The number of aliphatic imine (C=N–C) groups is 1. The molecule has 1 heterocycles. The SMILES string of the molecule is CCCCC1=NCCCC1(C)C. The minimum atomic E-state index is 0.396. The van der Waals surface area contributed by atoms with E-state index < -0.39 is 0 Å². The average molecular weight is 167 g/mol. The molecule has 0 aliphatic carbocycles. The quantitative estimate of drug-likeness (QED) is 0.610. The highest BCUT2D eigenvalue weighted by atomic mass is 14.8. The van der Waals surface area contributed by atoms with Crippen molar-refractivity contribution in [3.05, 3.63) is 0 Å². The summed E-state index contributed by atoms with van der Waals surface area (Å²) in [7, 11) is 0. The van der Waals surface area contributed by atoms with Gasteiger partial charge in [0.2, 0.25) is 0 Å². The molecular weight excluding hydrogens is 146 g/mol. The Kier molecular flexibility index (Phi) is 3.30. The lowest BCUT2D eigenvalue weighted by atomic mass is 9.79. The first-order valence-electron chi connectivity index (χ1n) is 5.20. The van der Waals surface area contributed by atoms with E-state index in [1.165, 1.54) is 37.8 Å². The van der Waals surface area contributed by atoms with Crippen LogP contribution in [0.15, 0.2) is 4.99 Å². The fourth-order valence-corrected chi connectivity index (χ4v) is 1.85. The number of rotatable bonds is 3. The van der Waals surface area contributed by atoms with E-state index in [2.05, 4.69) is 25.8 Å². The molecule has 0 aromatic carbocycles. The molecule has 1 aliphatic heterocycles. The van der Waals surface area contributed by atoms with Crippen molar-refractivity contribution in [2.75, 3.05) is 6.54 Å². The summed E-state index contributed by atoms with van der Waals surface area (Å²) >= 11 is 0. The summed E-state index contributed by atoms with van der Waals surface area (Å²) in [5.74, 6) is 0. The number of hydrogen-bond donors (Lipinski definition) is 0. The van der Waals surface area contributed by atoms with Crippen molar-refractivity contribution in [2.45, 2.75) is 52.9 Å². The maximum atomic E-state index is 4.64. The molecule has 0 aromatic heterocycles. The van der Waals surface area contributed by atoms with Crippen molar-refractivity contribution in [3.8, 4) is 0 Å². The summed E-state index contributed by atoms with van der Waals surface area (Å²) < 4.78 is 0. The lowest BCUT2D eigenvalue weighted by Crippen LogP contribution is -2.28. The largest absolute Gasteiger partial charge is 0.294 e. The van der Waals surface area contributed by atoms with E-state index in [0.717, 1.165) is 6.54 Å². The second-order valence-corrected chi connectivity index (χ2v) is 4.42. The van der Waals surface area contributed by atoms with Crippen molar-refractivity contribution < 1.29 is 0 Å². The minimum absolute atomic E-state index is 0.396. The van der Waals surface area contributed by atoms with E-state index in [9.17, 15) is 0 Å². The second-order valence-electron chi connectivity index (χ2n) is 4.42. The molecule has 0 N–H and O–H groups in total. The van der Waals surface area contributed by atoms with Crippen LogP contribution in [0.25, 0.3) is 0 Å². The Morgan fingerprint density at radius 2 is 2.17 bits per heavy atom. The molecule has 1 aliphatic rings.